The molecule has 42 heavy (non-hydrogen) atoms. The number of amides is 1. The van der Waals surface area contributed by atoms with Crippen LogP contribution in [0.5, 0.6) is 0 Å². The van der Waals surface area contributed by atoms with Crippen LogP contribution in [-0.4, -0.2) is 70.5 Å². The van der Waals surface area contributed by atoms with Crippen LogP contribution in [0.2, 0.25) is 0 Å². The highest BCUT2D eigenvalue weighted by atomic mass is 16.7. The number of aliphatic hydroxyl groups is 3. The molecule has 8 nitrogen and oxygen atoms in total. The van der Waals surface area contributed by atoms with E-state index in [1.807, 2.05) is 60.7 Å². The van der Waals surface area contributed by atoms with E-state index in [1.165, 1.54) is 5.56 Å². The van der Waals surface area contributed by atoms with Gasteiger partial charge in [-0.3, -0.25) is 14.9 Å². The summed E-state index contributed by atoms with van der Waals surface area (Å²) in [5, 5.41) is 39.4. The predicted octanol–water partition coefficient (Wildman–Crippen LogP) is 2.87. The largest absolute Gasteiger partial charge is 0.394 e. The lowest BCUT2D eigenvalue weighted by molar-refractivity contribution is -0.191. The molecule has 1 aliphatic heterocycles. The van der Waals surface area contributed by atoms with Crippen molar-refractivity contribution in [2.75, 3.05) is 19.7 Å². The molecular weight excluding hydrogens is 530 g/mol. The number of aryl methyl sites for hydroxylation is 1. The minimum absolute atomic E-state index is 0.176. The molecule has 0 bridgehead atoms. The Balaban J connectivity index is 1.35. The summed E-state index contributed by atoms with van der Waals surface area (Å²) in [6.45, 7) is 2.55. The predicted molar refractivity (Wildman–Crippen MR) is 162 cm³/mol. The number of hydrogen-bond donors (Lipinski definition) is 5. The first-order valence-electron chi connectivity index (χ1n) is 14.5. The summed E-state index contributed by atoms with van der Waals surface area (Å²) < 4.78 is 0. The van der Waals surface area contributed by atoms with Gasteiger partial charge in [0.25, 0.3) is 5.91 Å². The summed E-state index contributed by atoms with van der Waals surface area (Å²) in [5.74, 6) is 5.41. The Hall–Kier alpha value is -3.55. The summed E-state index contributed by atoms with van der Waals surface area (Å²) in [6, 6.07) is 26.4. The first-order valence-corrected chi connectivity index (χ1v) is 14.5. The van der Waals surface area contributed by atoms with Crippen molar-refractivity contribution in [3.05, 3.63) is 107 Å². The van der Waals surface area contributed by atoms with Crippen LogP contribution in [0.4, 0.5) is 0 Å². The minimum Gasteiger partial charge on any atom is -0.394 e. The number of nitrogens with zero attached hydrogens (tertiary/aromatic N) is 1. The minimum atomic E-state index is -0.964. The van der Waals surface area contributed by atoms with Crippen LogP contribution in [0.25, 0.3) is 0 Å². The van der Waals surface area contributed by atoms with Gasteiger partial charge in [-0.2, -0.15) is 5.06 Å². The van der Waals surface area contributed by atoms with Crippen LogP contribution in [0.3, 0.4) is 0 Å². The molecule has 5 atom stereocenters. The first-order chi connectivity index (χ1) is 20.5. The van der Waals surface area contributed by atoms with Gasteiger partial charge < -0.3 is 20.6 Å². The molecule has 3 aromatic rings. The second-order valence-electron chi connectivity index (χ2n) is 10.6. The zero-order chi connectivity index (χ0) is 29.7. The lowest BCUT2D eigenvalue weighted by Gasteiger charge is -2.31. The van der Waals surface area contributed by atoms with Crippen molar-refractivity contribution in [3.63, 3.8) is 0 Å². The third-order valence-corrected chi connectivity index (χ3v) is 7.45. The number of carbonyl (C=O) groups excluding carboxylic acids is 1. The van der Waals surface area contributed by atoms with Crippen molar-refractivity contribution < 1.29 is 25.0 Å². The molecule has 0 aliphatic carbocycles. The average Bonchev–Trinajstić information content (AvgIpc) is 3.38. The number of hydrogen-bond acceptors (Lipinski definition) is 7. The number of hydroxylamine groups is 2. The summed E-state index contributed by atoms with van der Waals surface area (Å²) in [6.07, 6.45) is 0.440. The molecule has 0 spiro atoms. The lowest BCUT2D eigenvalue weighted by atomic mass is 9.89. The second kappa shape index (κ2) is 16.2. The molecule has 1 heterocycles. The van der Waals surface area contributed by atoms with Crippen molar-refractivity contribution in [1.29, 1.82) is 0 Å². The molecule has 1 amide bonds. The third kappa shape index (κ3) is 8.97. The lowest BCUT2D eigenvalue weighted by Crippen LogP contribution is -2.52. The van der Waals surface area contributed by atoms with Gasteiger partial charge in [-0.05, 0) is 68.1 Å². The van der Waals surface area contributed by atoms with Gasteiger partial charge in [-0.25, -0.2) is 0 Å². The van der Waals surface area contributed by atoms with E-state index in [2.05, 4.69) is 34.6 Å². The zero-order valence-electron chi connectivity index (χ0n) is 24.0. The number of unbranched alkanes of at least 4 members (excludes halogenated alkanes) is 1. The Labute approximate surface area is 248 Å². The second-order valence-corrected chi connectivity index (χ2v) is 10.6. The molecule has 0 aromatic heterocycles. The Morgan fingerprint density at radius 3 is 2.40 bits per heavy atom. The van der Waals surface area contributed by atoms with Gasteiger partial charge in [0.1, 0.15) is 12.3 Å². The molecule has 0 saturated carbocycles. The van der Waals surface area contributed by atoms with Crippen LogP contribution >= 0.6 is 0 Å². The van der Waals surface area contributed by atoms with Gasteiger partial charge in [0.15, 0.2) is 0 Å². The summed E-state index contributed by atoms with van der Waals surface area (Å²) in [4.78, 5) is 18.3. The highest BCUT2D eigenvalue weighted by Gasteiger charge is 2.48. The number of benzene rings is 3. The number of rotatable bonds is 13. The summed E-state index contributed by atoms with van der Waals surface area (Å²) in [5.41, 5.74) is 3.55. The van der Waals surface area contributed by atoms with E-state index in [4.69, 9.17) is 4.84 Å². The summed E-state index contributed by atoms with van der Waals surface area (Å²) in [7, 11) is 0. The van der Waals surface area contributed by atoms with Gasteiger partial charge in [-0.15, -0.1) is 0 Å². The van der Waals surface area contributed by atoms with Crippen LogP contribution < -0.4 is 10.6 Å². The van der Waals surface area contributed by atoms with Gasteiger partial charge in [-0.1, -0.05) is 72.5 Å². The van der Waals surface area contributed by atoms with E-state index >= 15 is 0 Å². The molecule has 0 radical (unpaired) electrons. The standard InChI is InChI=1S/C34H41N3O5/c1-25(39)31-30(24-38)42-37(32(31)34(41)36-20-9-8-14-26-12-4-2-5-13-26)23-28-16-10-15-27(22-28)17-11-21-35-33(40)29-18-6-3-7-19-29/h2-7,10,12-13,15-16,18-19,22,25,30-32,34,36,38-39,41H,8-9,14,20-21,23-24H2,1H3,(H,35,40)/t25-,30-,31+,32-,34?/m1/s1. The van der Waals surface area contributed by atoms with Crippen molar-refractivity contribution >= 4 is 5.91 Å². The van der Waals surface area contributed by atoms with E-state index < -0.39 is 30.4 Å². The van der Waals surface area contributed by atoms with Crippen molar-refractivity contribution in [2.45, 2.75) is 57.2 Å². The van der Waals surface area contributed by atoms with E-state index in [0.29, 0.717) is 18.7 Å². The van der Waals surface area contributed by atoms with Crippen LogP contribution in [0.1, 0.15) is 46.8 Å². The molecule has 8 heteroatoms. The third-order valence-electron chi connectivity index (χ3n) is 7.45. The van der Waals surface area contributed by atoms with Crippen molar-refractivity contribution in [2.24, 2.45) is 5.92 Å². The fourth-order valence-electron chi connectivity index (χ4n) is 5.35. The fourth-order valence-corrected chi connectivity index (χ4v) is 5.35. The van der Waals surface area contributed by atoms with Crippen LogP contribution in [-0.2, 0) is 17.8 Å². The first kappa shape index (κ1) is 31.4. The monoisotopic (exact) mass is 571 g/mol. The van der Waals surface area contributed by atoms with E-state index in [1.54, 1.807) is 24.1 Å². The van der Waals surface area contributed by atoms with Gasteiger partial charge in [0.05, 0.1) is 25.3 Å². The number of aliphatic hydroxyl groups excluding tert-OH is 3. The summed E-state index contributed by atoms with van der Waals surface area (Å²) >= 11 is 0. The average molecular weight is 572 g/mol. The SMILES string of the molecule is C[C@@H](O)[C@H]1[C@@H](CO)ON(Cc2cccc(C#CCNC(=O)c3ccccc3)c2)[C@H]1C(O)NCCCCc1ccccc1. The maximum absolute atomic E-state index is 12.2. The Morgan fingerprint density at radius 2 is 1.69 bits per heavy atom. The molecule has 3 aromatic carbocycles. The zero-order valence-corrected chi connectivity index (χ0v) is 24.0. The van der Waals surface area contributed by atoms with Gasteiger partial charge >= 0.3 is 0 Å². The molecule has 222 valence electrons. The van der Waals surface area contributed by atoms with Crippen LogP contribution in [0.15, 0.2) is 84.9 Å². The topological polar surface area (TPSA) is 114 Å². The number of nitrogens with one attached hydrogen (secondary N) is 2. The van der Waals surface area contributed by atoms with Gasteiger partial charge in [0.2, 0.25) is 0 Å². The van der Waals surface area contributed by atoms with Crippen molar-refractivity contribution in [3.8, 4) is 11.8 Å². The molecule has 1 aliphatic rings. The van der Waals surface area contributed by atoms with Crippen molar-refractivity contribution in [1.82, 2.24) is 15.7 Å². The normalized spacial score (nSPS) is 20.0. The Morgan fingerprint density at radius 1 is 0.976 bits per heavy atom. The quantitative estimate of drug-likeness (QED) is 0.122. The molecule has 5 N–H and O–H groups in total. The highest BCUT2D eigenvalue weighted by Crippen LogP contribution is 2.33. The molecule has 4 rings (SSSR count). The molecule has 1 unspecified atom stereocenters. The molecular formula is C34H41N3O5. The van der Waals surface area contributed by atoms with Gasteiger partial charge in [0, 0.05) is 23.6 Å². The van der Waals surface area contributed by atoms with E-state index in [0.717, 1.165) is 30.4 Å². The highest BCUT2D eigenvalue weighted by molar-refractivity contribution is 5.94. The van der Waals surface area contributed by atoms with E-state index in [9.17, 15) is 20.1 Å². The van der Waals surface area contributed by atoms with Crippen LogP contribution in [0, 0.1) is 17.8 Å². The van der Waals surface area contributed by atoms with E-state index in [-0.39, 0.29) is 19.1 Å². The smallest absolute Gasteiger partial charge is 0.252 e. The maximum Gasteiger partial charge on any atom is 0.252 e. The molecule has 1 fully saturated rings. The maximum atomic E-state index is 12.2. The Bertz CT molecular complexity index is 1310. The molecule has 1 saturated heterocycles. The fraction of sp³-hybridized carbons (Fsp3) is 0.382. The number of carbonyl (C=O) groups is 1. The Kier molecular flexibility index (Phi) is 12.1.